The number of furan rings is 1. The van der Waals surface area contributed by atoms with E-state index in [0.29, 0.717) is 10.4 Å². The highest BCUT2D eigenvalue weighted by molar-refractivity contribution is 9.10. The number of halogens is 5. The van der Waals surface area contributed by atoms with Crippen molar-refractivity contribution in [3.05, 3.63) is 56.9 Å². The number of rotatable bonds is 2. The Morgan fingerprint density at radius 2 is 1.82 bits per heavy atom. The maximum atomic E-state index is 13.1. The molecule has 2 rings (SSSR count). The summed E-state index contributed by atoms with van der Waals surface area (Å²) < 4.78 is 31.7. The fraction of sp³-hybridized carbons (Fsp3) is 0.0909. The van der Waals surface area contributed by atoms with Crippen LogP contribution in [-0.2, 0) is 0 Å². The first-order valence-corrected chi connectivity index (χ1v) is 6.13. The molecule has 1 aromatic heterocycles. The lowest BCUT2D eigenvalue weighted by Crippen LogP contribution is -1.96. The summed E-state index contributed by atoms with van der Waals surface area (Å²) in [6.45, 7) is 0. The van der Waals surface area contributed by atoms with E-state index in [4.69, 9.17) is 27.6 Å². The van der Waals surface area contributed by atoms with Gasteiger partial charge in [-0.3, -0.25) is 0 Å². The number of hydrogen-bond acceptors (Lipinski definition) is 1. The van der Waals surface area contributed by atoms with E-state index in [1.165, 1.54) is 0 Å². The van der Waals surface area contributed by atoms with Crippen molar-refractivity contribution in [2.24, 2.45) is 0 Å². The molecule has 0 bridgehead atoms. The molecule has 0 aliphatic heterocycles. The van der Waals surface area contributed by atoms with Gasteiger partial charge in [-0.05, 0) is 45.8 Å². The third-order valence-corrected chi connectivity index (χ3v) is 3.36. The van der Waals surface area contributed by atoms with E-state index < -0.39 is 17.0 Å². The lowest BCUT2D eigenvalue weighted by atomic mass is 10.1. The van der Waals surface area contributed by atoms with Crippen LogP contribution in [0.1, 0.15) is 16.7 Å². The van der Waals surface area contributed by atoms with Crippen molar-refractivity contribution >= 4 is 39.1 Å². The van der Waals surface area contributed by atoms with E-state index in [9.17, 15) is 8.78 Å². The van der Waals surface area contributed by atoms with Gasteiger partial charge in [0, 0.05) is 5.02 Å². The molecule has 1 aromatic carbocycles. The standard InChI is InChI=1S/C11H5BrCl2F2O/c12-10-2-1-9(17-10)11(14)5-3-7(15)8(16)4-6(5)13/h1-4,11H. The van der Waals surface area contributed by atoms with E-state index >= 15 is 0 Å². The molecule has 2 aromatic rings. The van der Waals surface area contributed by atoms with Crippen LogP contribution in [0.5, 0.6) is 0 Å². The monoisotopic (exact) mass is 340 g/mol. The largest absolute Gasteiger partial charge is 0.452 e. The highest BCUT2D eigenvalue weighted by atomic mass is 79.9. The molecule has 0 saturated heterocycles. The van der Waals surface area contributed by atoms with Gasteiger partial charge in [0.15, 0.2) is 16.3 Å². The molecule has 0 N–H and O–H groups in total. The first-order chi connectivity index (χ1) is 7.99. The van der Waals surface area contributed by atoms with Crippen LogP contribution in [0.15, 0.2) is 33.4 Å². The lowest BCUT2D eigenvalue weighted by molar-refractivity contribution is 0.489. The molecule has 0 spiro atoms. The van der Waals surface area contributed by atoms with Crippen LogP contribution in [0.4, 0.5) is 8.78 Å². The molecule has 1 nitrogen and oxygen atoms in total. The minimum Gasteiger partial charge on any atom is -0.452 e. The number of alkyl halides is 1. The van der Waals surface area contributed by atoms with Crippen LogP contribution >= 0.6 is 39.1 Å². The first-order valence-electron chi connectivity index (χ1n) is 4.53. The zero-order valence-corrected chi connectivity index (χ0v) is 11.3. The molecule has 0 fully saturated rings. The van der Waals surface area contributed by atoms with Gasteiger partial charge in [0.2, 0.25) is 0 Å². The van der Waals surface area contributed by atoms with Gasteiger partial charge in [-0.1, -0.05) is 11.6 Å². The van der Waals surface area contributed by atoms with E-state index in [1.54, 1.807) is 12.1 Å². The summed E-state index contributed by atoms with van der Waals surface area (Å²) in [5.41, 5.74) is 0.258. The zero-order chi connectivity index (χ0) is 12.6. The summed E-state index contributed by atoms with van der Waals surface area (Å²) in [4.78, 5) is 0. The normalized spacial score (nSPS) is 12.8. The summed E-state index contributed by atoms with van der Waals surface area (Å²) in [5, 5.41) is -0.722. The summed E-state index contributed by atoms with van der Waals surface area (Å²) in [6.07, 6.45) is 0. The third-order valence-electron chi connectivity index (χ3n) is 2.16. The van der Waals surface area contributed by atoms with Crippen molar-refractivity contribution in [1.29, 1.82) is 0 Å². The van der Waals surface area contributed by atoms with E-state index in [0.717, 1.165) is 12.1 Å². The van der Waals surface area contributed by atoms with Gasteiger partial charge in [0.1, 0.15) is 11.1 Å². The van der Waals surface area contributed by atoms with E-state index in [-0.39, 0.29) is 10.6 Å². The van der Waals surface area contributed by atoms with Crippen LogP contribution in [0.3, 0.4) is 0 Å². The molecule has 90 valence electrons. The van der Waals surface area contributed by atoms with Crippen molar-refractivity contribution in [3.8, 4) is 0 Å². The highest BCUT2D eigenvalue weighted by Crippen LogP contribution is 2.36. The molecular weight excluding hydrogens is 337 g/mol. The van der Waals surface area contributed by atoms with Crippen molar-refractivity contribution in [2.75, 3.05) is 0 Å². The van der Waals surface area contributed by atoms with Gasteiger partial charge >= 0.3 is 0 Å². The molecule has 0 amide bonds. The molecule has 1 heterocycles. The summed E-state index contributed by atoms with van der Waals surface area (Å²) in [6, 6.07) is 5.13. The Hall–Kier alpha value is -0.580. The van der Waals surface area contributed by atoms with E-state index in [2.05, 4.69) is 15.9 Å². The summed E-state index contributed by atoms with van der Waals surface area (Å²) in [5.74, 6) is -1.62. The fourth-order valence-electron chi connectivity index (χ4n) is 1.35. The summed E-state index contributed by atoms with van der Waals surface area (Å²) in [7, 11) is 0. The van der Waals surface area contributed by atoms with Gasteiger partial charge in [-0.2, -0.15) is 0 Å². The lowest BCUT2D eigenvalue weighted by Gasteiger charge is -2.09. The molecular formula is C11H5BrCl2F2O. The average Bonchev–Trinajstić information content (AvgIpc) is 2.69. The van der Waals surface area contributed by atoms with Gasteiger partial charge in [-0.15, -0.1) is 11.6 Å². The smallest absolute Gasteiger partial charge is 0.169 e. The second kappa shape index (κ2) is 4.96. The highest BCUT2D eigenvalue weighted by Gasteiger charge is 2.20. The van der Waals surface area contributed by atoms with Crippen LogP contribution in [0, 0.1) is 11.6 Å². The second-order valence-corrected chi connectivity index (χ2v) is 4.92. The van der Waals surface area contributed by atoms with Crippen LogP contribution in [-0.4, -0.2) is 0 Å². The maximum Gasteiger partial charge on any atom is 0.169 e. The minimum atomic E-state index is -1.01. The molecule has 6 heteroatoms. The Kier molecular flexibility index (Phi) is 3.76. The first kappa shape index (κ1) is 12.9. The van der Waals surface area contributed by atoms with E-state index in [1.807, 2.05) is 0 Å². The van der Waals surface area contributed by atoms with Crippen LogP contribution < -0.4 is 0 Å². The topological polar surface area (TPSA) is 13.1 Å². The minimum absolute atomic E-state index is 0.0522. The molecule has 0 aliphatic carbocycles. The Bertz CT molecular complexity index is 556. The van der Waals surface area contributed by atoms with Gasteiger partial charge < -0.3 is 4.42 Å². The Morgan fingerprint density at radius 3 is 2.41 bits per heavy atom. The quantitative estimate of drug-likeness (QED) is 0.533. The van der Waals surface area contributed by atoms with Crippen molar-refractivity contribution in [2.45, 2.75) is 5.38 Å². The fourth-order valence-corrected chi connectivity index (χ4v) is 2.28. The van der Waals surface area contributed by atoms with Crippen molar-refractivity contribution in [1.82, 2.24) is 0 Å². The average molecular weight is 342 g/mol. The van der Waals surface area contributed by atoms with Gasteiger partial charge in [0.05, 0.1) is 0 Å². The molecule has 1 unspecified atom stereocenters. The molecule has 1 atom stereocenters. The Balaban J connectivity index is 2.43. The second-order valence-electron chi connectivity index (χ2n) is 3.29. The molecule has 0 saturated carbocycles. The zero-order valence-electron chi connectivity index (χ0n) is 8.18. The Morgan fingerprint density at radius 1 is 1.18 bits per heavy atom. The van der Waals surface area contributed by atoms with Crippen LogP contribution in [0.2, 0.25) is 5.02 Å². The Labute approximate surface area is 114 Å². The van der Waals surface area contributed by atoms with Crippen LogP contribution in [0.25, 0.3) is 0 Å². The third kappa shape index (κ3) is 2.64. The molecule has 17 heavy (non-hydrogen) atoms. The predicted molar refractivity (Wildman–Crippen MR) is 65.5 cm³/mol. The van der Waals surface area contributed by atoms with Gasteiger partial charge in [0.25, 0.3) is 0 Å². The summed E-state index contributed by atoms with van der Waals surface area (Å²) >= 11 is 15.0. The maximum absolute atomic E-state index is 13.1. The predicted octanol–water partition coefficient (Wildman–Crippen LogP) is 5.30. The van der Waals surface area contributed by atoms with Crippen molar-refractivity contribution in [3.63, 3.8) is 0 Å². The molecule has 0 aliphatic rings. The van der Waals surface area contributed by atoms with Gasteiger partial charge in [-0.25, -0.2) is 8.78 Å². The van der Waals surface area contributed by atoms with Crippen molar-refractivity contribution < 1.29 is 13.2 Å². The molecule has 0 radical (unpaired) electrons. The SMILES string of the molecule is Fc1cc(Cl)c(C(Cl)c2ccc(Br)o2)cc1F. The number of hydrogen-bond donors (Lipinski definition) is 0. The number of benzene rings is 1.